The molecule has 1 saturated heterocycles. The summed E-state index contributed by atoms with van der Waals surface area (Å²) in [4.78, 5) is 11.8. The van der Waals surface area contributed by atoms with Gasteiger partial charge in [0, 0.05) is 27.8 Å². The number of ketones is 1. The van der Waals surface area contributed by atoms with E-state index >= 15 is 0 Å². The Morgan fingerprint density at radius 2 is 1.78 bits per heavy atom. The van der Waals surface area contributed by atoms with Crippen LogP contribution in [0.3, 0.4) is 0 Å². The van der Waals surface area contributed by atoms with Crippen molar-refractivity contribution in [3.05, 3.63) is 71.3 Å². The molecule has 1 fully saturated rings. The predicted molar refractivity (Wildman–Crippen MR) is 90.2 cm³/mol. The Hall–Kier alpha value is -2.65. The number of rotatable bonds is 1. The number of hydrogen-bond donors (Lipinski definition) is 1. The molecule has 3 nitrogen and oxygen atoms in total. The van der Waals surface area contributed by atoms with Crippen LogP contribution in [0.1, 0.15) is 40.6 Å². The molecule has 3 aromatic carbocycles. The Morgan fingerprint density at radius 3 is 2.65 bits per heavy atom. The van der Waals surface area contributed by atoms with Crippen molar-refractivity contribution in [1.82, 2.24) is 0 Å². The lowest BCUT2D eigenvalue weighted by Crippen LogP contribution is -1.98. The molecular weight excluding hydrogens is 286 g/mol. The van der Waals surface area contributed by atoms with Crippen LogP contribution in [-0.4, -0.2) is 5.78 Å². The summed E-state index contributed by atoms with van der Waals surface area (Å²) < 4.78 is 5.93. The maximum atomic E-state index is 11.8. The highest BCUT2D eigenvalue weighted by atomic mass is 16.6. The summed E-state index contributed by atoms with van der Waals surface area (Å²) in [6.07, 6.45) is 0.236. The minimum Gasteiger partial charge on any atom is -0.359 e. The van der Waals surface area contributed by atoms with Crippen LogP contribution in [0.15, 0.2) is 54.6 Å². The van der Waals surface area contributed by atoms with Gasteiger partial charge in [0.05, 0.1) is 5.69 Å². The number of Topliss-reactive ketones (excluding diaryl/α,β-unsaturated/α-hetero) is 1. The molecule has 0 aromatic heterocycles. The van der Waals surface area contributed by atoms with Gasteiger partial charge in [0.15, 0.2) is 5.78 Å². The summed E-state index contributed by atoms with van der Waals surface area (Å²) >= 11 is 0. The molecule has 23 heavy (non-hydrogen) atoms. The molecule has 0 bridgehead atoms. The van der Waals surface area contributed by atoms with E-state index in [-0.39, 0.29) is 18.0 Å². The zero-order valence-electron chi connectivity index (χ0n) is 12.7. The summed E-state index contributed by atoms with van der Waals surface area (Å²) in [5.74, 6) is 0.0825. The van der Waals surface area contributed by atoms with Gasteiger partial charge in [-0.2, -0.15) is 0 Å². The molecule has 2 atom stereocenters. The lowest BCUT2D eigenvalue weighted by molar-refractivity contribution is 0.101. The van der Waals surface area contributed by atoms with Gasteiger partial charge in [-0.3, -0.25) is 4.79 Å². The Morgan fingerprint density at radius 1 is 1.00 bits per heavy atom. The average molecular weight is 301 g/mol. The molecule has 0 saturated carbocycles. The minimum absolute atomic E-state index is 0.0825. The summed E-state index contributed by atoms with van der Waals surface area (Å²) in [5, 5.41) is 5.78. The van der Waals surface area contributed by atoms with Crippen LogP contribution >= 0.6 is 0 Å². The fraction of sp³-hybridized carbons (Fsp3) is 0.150. The van der Waals surface area contributed by atoms with Crippen molar-refractivity contribution in [3.8, 4) is 0 Å². The Kier molecular flexibility index (Phi) is 2.48. The minimum atomic E-state index is 0.0825. The van der Waals surface area contributed by atoms with E-state index in [0.717, 1.165) is 27.7 Å². The van der Waals surface area contributed by atoms with E-state index in [1.165, 1.54) is 11.1 Å². The van der Waals surface area contributed by atoms with Crippen LogP contribution in [-0.2, 0) is 4.74 Å². The molecule has 0 amide bonds. The highest BCUT2D eigenvalue weighted by Crippen LogP contribution is 2.58. The predicted octanol–water partition coefficient (Wildman–Crippen LogP) is 4.91. The van der Waals surface area contributed by atoms with Gasteiger partial charge in [-0.25, -0.2) is 0 Å². The van der Waals surface area contributed by atoms with E-state index < -0.39 is 0 Å². The molecule has 112 valence electrons. The molecule has 2 heterocycles. The lowest BCUT2D eigenvalue weighted by Gasteiger charge is -2.15. The number of nitrogens with one attached hydrogen (secondary N) is 1. The van der Waals surface area contributed by atoms with E-state index in [1.54, 1.807) is 6.92 Å². The number of ether oxygens (including phenoxy) is 1. The third-order valence-electron chi connectivity index (χ3n) is 4.79. The number of carbonyl (C=O) groups is 1. The van der Waals surface area contributed by atoms with Gasteiger partial charge in [-0.15, -0.1) is 0 Å². The molecule has 1 N–H and O–H groups in total. The SMILES string of the molecule is CC(=O)c1ccc2ccc3c(c2c1)Nc1ccccc1C1OC31. The summed E-state index contributed by atoms with van der Waals surface area (Å²) in [7, 11) is 0. The normalized spacial score (nSPS) is 20.7. The van der Waals surface area contributed by atoms with E-state index in [2.05, 4.69) is 29.6 Å². The van der Waals surface area contributed by atoms with Gasteiger partial charge >= 0.3 is 0 Å². The second kappa shape index (κ2) is 4.43. The van der Waals surface area contributed by atoms with E-state index in [9.17, 15) is 4.79 Å². The van der Waals surface area contributed by atoms with Crippen molar-refractivity contribution in [3.63, 3.8) is 0 Å². The highest BCUT2D eigenvalue weighted by molar-refractivity contribution is 6.04. The fourth-order valence-corrected chi connectivity index (χ4v) is 3.51. The first-order valence-electron chi connectivity index (χ1n) is 7.81. The molecule has 0 aliphatic carbocycles. The molecule has 5 rings (SSSR count). The molecular formula is C20H15NO2. The van der Waals surface area contributed by atoms with Crippen LogP contribution in [0.25, 0.3) is 10.8 Å². The molecule has 2 aliphatic rings. The maximum absolute atomic E-state index is 11.8. The number of epoxide rings is 1. The number of hydrogen-bond acceptors (Lipinski definition) is 3. The topological polar surface area (TPSA) is 41.6 Å². The van der Waals surface area contributed by atoms with Crippen molar-refractivity contribution in [1.29, 1.82) is 0 Å². The van der Waals surface area contributed by atoms with E-state index in [4.69, 9.17) is 4.74 Å². The Balaban J connectivity index is 1.80. The lowest BCUT2D eigenvalue weighted by atomic mass is 9.98. The van der Waals surface area contributed by atoms with Crippen LogP contribution in [0.4, 0.5) is 11.4 Å². The van der Waals surface area contributed by atoms with Crippen molar-refractivity contribution in [2.24, 2.45) is 0 Å². The Bertz CT molecular complexity index is 977. The Labute approximate surface area is 133 Å². The first kappa shape index (κ1) is 12.9. The maximum Gasteiger partial charge on any atom is 0.159 e. The van der Waals surface area contributed by atoms with Crippen molar-refractivity contribution in [2.75, 3.05) is 5.32 Å². The van der Waals surface area contributed by atoms with Crippen LogP contribution in [0.5, 0.6) is 0 Å². The zero-order chi connectivity index (χ0) is 15.6. The van der Waals surface area contributed by atoms with Crippen molar-refractivity contribution < 1.29 is 9.53 Å². The third kappa shape index (κ3) is 1.83. The average Bonchev–Trinajstić information content (AvgIpc) is 3.35. The number of anilines is 2. The molecule has 2 aliphatic heterocycles. The van der Waals surface area contributed by atoms with Crippen molar-refractivity contribution in [2.45, 2.75) is 19.1 Å². The quantitative estimate of drug-likeness (QED) is 0.513. The summed E-state index contributed by atoms with van der Waals surface area (Å²) in [6, 6.07) is 18.4. The van der Waals surface area contributed by atoms with E-state index in [1.807, 2.05) is 30.3 Å². The number of para-hydroxylation sites is 1. The fourth-order valence-electron chi connectivity index (χ4n) is 3.51. The van der Waals surface area contributed by atoms with Crippen LogP contribution in [0.2, 0.25) is 0 Å². The third-order valence-corrected chi connectivity index (χ3v) is 4.79. The van der Waals surface area contributed by atoms with Gasteiger partial charge in [0.25, 0.3) is 0 Å². The van der Waals surface area contributed by atoms with Gasteiger partial charge in [0.1, 0.15) is 12.2 Å². The second-order valence-corrected chi connectivity index (χ2v) is 6.21. The highest BCUT2D eigenvalue weighted by Gasteiger charge is 2.45. The van der Waals surface area contributed by atoms with Crippen LogP contribution < -0.4 is 5.32 Å². The largest absolute Gasteiger partial charge is 0.359 e. The zero-order valence-corrected chi connectivity index (χ0v) is 12.7. The van der Waals surface area contributed by atoms with Gasteiger partial charge < -0.3 is 10.1 Å². The van der Waals surface area contributed by atoms with Gasteiger partial charge in [-0.1, -0.05) is 42.5 Å². The number of carbonyl (C=O) groups excluding carboxylic acids is 1. The monoisotopic (exact) mass is 301 g/mol. The standard InChI is InChI=1S/C20H15NO2/c1-11(22)13-7-6-12-8-9-15-18(16(12)10-13)21-17-5-3-2-4-14(17)19-20(15)23-19/h2-10,19-21H,1H3. The van der Waals surface area contributed by atoms with Crippen LogP contribution in [0, 0.1) is 0 Å². The van der Waals surface area contributed by atoms with Gasteiger partial charge in [-0.05, 0) is 24.4 Å². The second-order valence-electron chi connectivity index (χ2n) is 6.21. The van der Waals surface area contributed by atoms with Crippen molar-refractivity contribution >= 4 is 27.9 Å². The molecule has 0 spiro atoms. The summed E-state index contributed by atoms with van der Waals surface area (Å²) in [5.41, 5.74) is 5.24. The molecule has 0 radical (unpaired) electrons. The first-order valence-corrected chi connectivity index (χ1v) is 7.81. The molecule has 3 aromatic rings. The smallest absolute Gasteiger partial charge is 0.159 e. The molecule has 2 unspecified atom stereocenters. The number of benzene rings is 3. The first-order chi connectivity index (χ1) is 11.2. The summed E-state index contributed by atoms with van der Waals surface area (Å²) in [6.45, 7) is 1.60. The van der Waals surface area contributed by atoms with Gasteiger partial charge in [0.2, 0.25) is 0 Å². The number of fused-ring (bicyclic) bond motifs is 7. The molecule has 3 heteroatoms. The van der Waals surface area contributed by atoms with E-state index in [0.29, 0.717) is 0 Å².